The highest BCUT2D eigenvalue weighted by Crippen LogP contribution is 2.25. The normalized spacial score (nSPS) is 14.0. The molecule has 0 saturated carbocycles. The summed E-state index contributed by atoms with van der Waals surface area (Å²) in [5, 5.41) is 2.60. The lowest BCUT2D eigenvalue weighted by Crippen LogP contribution is -2.42. The summed E-state index contributed by atoms with van der Waals surface area (Å²) < 4.78 is 43.8. The predicted molar refractivity (Wildman–Crippen MR) is 98.4 cm³/mol. The van der Waals surface area contributed by atoms with Crippen molar-refractivity contribution in [2.75, 3.05) is 16.8 Å². The van der Waals surface area contributed by atoms with Crippen molar-refractivity contribution in [2.24, 2.45) is 5.41 Å². The van der Waals surface area contributed by atoms with Crippen LogP contribution in [-0.2, 0) is 19.4 Å². The van der Waals surface area contributed by atoms with Crippen LogP contribution in [0.2, 0.25) is 5.28 Å². The maximum atomic E-state index is 13.9. The summed E-state index contributed by atoms with van der Waals surface area (Å²) in [5.41, 5.74) is -1.36. The zero-order valence-electron chi connectivity index (χ0n) is 15.8. The molecule has 1 atom stereocenters. The summed E-state index contributed by atoms with van der Waals surface area (Å²) in [5.74, 6) is -2.95. The van der Waals surface area contributed by atoms with Crippen LogP contribution in [-0.4, -0.2) is 47.5 Å². The molecular weight excluding hydrogens is 385 g/mol. The summed E-state index contributed by atoms with van der Waals surface area (Å²) in [4.78, 5) is 19.1. The van der Waals surface area contributed by atoms with Crippen LogP contribution in [0.1, 0.15) is 41.5 Å². The van der Waals surface area contributed by atoms with Crippen LogP contribution in [0.5, 0.6) is 0 Å². The first kappa shape index (κ1) is 22.6. The molecule has 148 valence electrons. The van der Waals surface area contributed by atoms with E-state index in [-0.39, 0.29) is 11.1 Å². The van der Waals surface area contributed by atoms with Gasteiger partial charge < -0.3 is 10.1 Å². The molecule has 0 aliphatic heterocycles. The fourth-order valence-corrected chi connectivity index (χ4v) is 3.74. The number of hydrogen-bond acceptors (Lipinski definition) is 7. The number of aromatic nitrogens is 2. The molecule has 0 amide bonds. The standard InChI is InChI=1S/C16H25ClFN3O4S/c1-15(2,3)11(20-13-10(18)7-19-14(17)21-13)8-26(23,24)9-12(22)25-16(4,5)6/h7,11H,8-9H2,1-6H3,(H,19,20,21)/t11-/m1/s1. The number of anilines is 1. The molecule has 10 heteroatoms. The zero-order valence-corrected chi connectivity index (χ0v) is 17.3. The van der Waals surface area contributed by atoms with Crippen molar-refractivity contribution in [3.63, 3.8) is 0 Å². The molecule has 0 radical (unpaired) electrons. The predicted octanol–water partition coefficient (Wildman–Crippen LogP) is 2.85. The van der Waals surface area contributed by atoms with Crippen LogP contribution in [0, 0.1) is 11.2 Å². The lowest BCUT2D eigenvalue weighted by atomic mass is 9.88. The third-order valence-electron chi connectivity index (χ3n) is 3.25. The molecule has 0 aliphatic rings. The molecule has 0 fully saturated rings. The second kappa shape index (κ2) is 8.04. The highest BCUT2D eigenvalue weighted by atomic mass is 35.5. The number of ether oxygens (including phenoxy) is 1. The van der Waals surface area contributed by atoms with Crippen LogP contribution in [0.3, 0.4) is 0 Å². The van der Waals surface area contributed by atoms with Gasteiger partial charge in [0.15, 0.2) is 21.5 Å². The van der Waals surface area contributed by atoms with Crippen molar-refractivity contribution >= 4 is 33.2 Å². The van der Waals surface area contributed by atoms with Gasteiger partial charge in [0.05, 0.1) is 11.9 Å². The first-order valence-corrected chi connectivity index (χ1v) is 10.2. The van der Waals surface area contributed by atoms with Crippen molar-refractivity contribution in [1.29, 1.82) is 0 Å². The van der Waals surface area contributed by atoms with Gasteiger partial charge in [0.2, 0.25) is 5.28 Å². The van der Waals surface area contributed by atoms with Gasteiger partial charge in [-0.25, -0.2) is 17.8 Å². The van der Waals surface area contributed by atoms with Gasteiger partial charge in [-0.15, -0.1) is 0 Å². The summed E-state index contributed by atoms with van der Waals surface area (Å²) in [7, 11) is -3.81. The van der Waals surface area contributed by atoms with Gasteiger partial charge in [-0.05, 0) is 37.8 Å². The maximum absolute atomic E-state index is 13.9. The fourth-order valence-electron chi connectivity index (χ4n) is 1.98. The summed E-state index contributed by atoms with van der Waals surface area (Å²) in [6.07, 6.45) is 0.895. The smallest absolute Gasteiger partial charge is 0.321 e. The Morgan fingerprint density at radius 3 is 2.38 bits per heavy atom. The number of esters is 1. The van der Waals surface area contributed by atoms with E-state index in [0.717, 1.165) is 6.20 Å². The van der Waals surface area contributed by atoms with E-state index in [1.807, 2.05) is 0 Å². The minimum absolute atomic E-state index is 0.168. The van der Waals surface area contributed by atoms with Crippen LogP contribution in [0.25, 0.3) is 0 Å². The van der Waals surface area contributed by atoms with Gasteiger partial charge in [0.1, 0.15) is 11.4 Å². The third kappa shape index (κ3) is 7.82. The molecule has 0 bridgehead atoms. The van der Waals surface area contributed by atoms with Crippen molar-refractivity contribution in [3.8, 4) is 0 Å². The number of carbonyl (C=O) groups excluding carboxylic acids is 1. The molecule has 0 spiro atoms. The Hall–Kier alpha value is -1.48. The van der Waals surface area contributed by atoms with Crippen LogP contribution < -0.4 is 5.32 Å². The van der Waals surface area contributed by atoms with Crippen molar-refractivity contribution in [1.82, 2.24) is 9.97 Å². The zero-order chi connectivity index (χ0) is 20.3. The molecule has 1 rings (SSSR count). The number of sulfone groups is 1. The monoisotopic (exact) mass is 409 g/mol. The minimum Gasteiger partial charge on any atom is -0.459 e. The Bertz CT molecular complexity index is 758. The van der Waals surface area contributed by atoms with Gasteiger partial charge >= 0.3 is 5.97 Å². The Labute approximate surface area is 158 Å². The molecule has 7 nitrogen and oxygen atoms in total. The largest absolute Gasteiger partial charge is 0.459 e. The summed E-state index contributed by atoms with van der Waals surface area (Å²) in [6.45, 7) is 10.3. The molecule has 1 aromatic rings. The van der Waals surface area contributed by atoms with Crippen molar-refractivity contribution in [3.05, 3.63) is 17.3 Å². The Morgan fingerprint density at radius 2 is 1.88 bits per heavy atom. The summed E-state index contributed by atoms with van der Waals surface area (Å²) >= 11 is 5.67. The Kier molecular flexibility index (Phi) is 6.98. The van der Waals surface area contributed by atoms with Crippen LogP contribution in [0.4, 0.5) is 10.2 Å². The molecule has 0 aromatic carbocycles. The topological polar surface area (TPSA) is 98.2 Å². The number of nitrogens with one attached hydrogen (secondary N) is 1. The van der Waals surface area contributed by atoms with Crippen LogP contribution in [0.15, 0.2) is 6.20 Å². The fraction of sp³-hybridized carbons (Fsp3) is 0.688. The van der Waals surface area contributed by atoms with Gasteiger partial charge in [0.25, 0.3) is 0 Å². The number of hydrogen-bond donors (Lipinski definition) is 1. The summed E-state index contributed by atoms with van der Waals surface area (Å²) in [6, 6.07) is -0.726. The van der Waals surface area contributed by atoms with E-state index in [4.69, 9.17) is 16.3 Å². The average Bonchev–Trinajstić information content (AvgIpc) is 2.37. The maximum Gasteiger partial charge on any atom is 0.321 e. The Balaban J connectivity index is 2.97. The number of carbonyl (C=O) groups is 1. The lowest BCUT2D eigenvalue weighted by molar-refractivity contribution is -0.151. The SMILES string of the molecule is CC(C)(C)OC(=O)CS(=O)(=O)C[C@@H](Nc1nc(Cl)ncc1F)C(C)(C)C. The first-order valence-electron chi connectivity index (χ1n) is 7.96. The third-order valence-corrected chi connectivity index (χ3v) is 4.95. The van der Waals surface area contributed by atoms with Crippen LogP contribution >= 0.6 is 11.6 Å². The van der Waals surface area contributed by atoms with E-state index in [1.54, 1.807) is 41.5 Å². The molecule has 1 aromatic heterocycles. The van der Waals surface area contributed by atoms with Gasteiger partial charge in [-0.2, -0.15) is 4.98 Å². The van der Waals surface area contributed by atoms with E-state index in [1.165, 1.54) is 0 Å². The van der Waals surface area contributed by atoms with E-state index < -0.39 is 50.2 Å². The molecule has 0 unspecified atom stereocenters. The molecular formula is C16H25ClFN3O4S. The number of nitrogens with zero attached hydrogens (tertiary/aromatic N) is 2. The molecule has 0 saturated heterocycles. The average molecular weight is 410 g/mol. The van der Waals surface area contributed by atoms with Gasteiger partial charge in [0, 0.05) is 6.04 Å². The molecule has 0 aliphatic carbocycles. The highest BCUT2D eigenvalue weighted by Gasteiger charge is 2.33. The molecule has 1 N–H and O–H groups in total. The van der Waals surface area contributed by atoms with Gasteiger partial charge in [-0.3, -0.25) is 4.79 Å². The molecule has 26 heavy (non-hydrogen) atoms. The molecule has 1 heterocycles. The second-order valence-electron chi connectivity index (χ2n) is 8.04. The quantitative estimate of drug-likeness (QED) is 0.569. The van der Waals surface area contributed by atoms with Crippen molar-refractivity contribution in [2.45, 2.75) is 53.2 Å². The highest BCUT2D eigenvalue weighted by molar-refractivity contribution is 7.92. The first-order chi connectivity index (χ1) is 11.6. The minimum atomic E-state index is -3.81. The van der Waals surface area contributed by atoms with Crippen molar-refractivity contribution < 1.29 is 22.3 Å². The number of halogens is 2. The second-order valence-corrected chi connectivity index (χ2v) is 10.5. The van der Waals surface area contributed by atoms with E-state index in [0.29, 0.717) is 0 Å². The van der Waals surface area contributed by atoms with E-state index in [9.17, 15) is 17.6 Å². The Morgan fingerprint density at radius 1 is 1.31 bits per heavy atom. The number of rotatable bonds is 6. The van der Waals surface area contributed by atoms with E-state index in [2.05, 4.69) is 15.3 Å². The van der Waals surface area contributed by atoms with Gasteiger partial charge in [-0.1, -0.05) is 20.8 Å². The lowest BCUT2D eigenvalue weighted by Gasteiger charge is -2.31. The van der Waals surface area contributed by atoms with E-state index >= 15 is 0 Å².